The van der Waals surface area contributed by atoms with Gasteiger partial charge in [-0.3, -0.25) is 0 Å². The molecular weight excluding hydrogens is 456 g/mol. The topological polar surface area (TPSA) is 103 Å². The largest absolute Gasteiger partial charge is 0.493 e. The van der Waals surface area contributed by atoms with E-state index in [0.29, 0.717) is 45.3 Å². The molecule has 0 saturated carbocycles. The summed E-state index contributed by atoms with van der Waals surface area (Å²) in [6, 6.07) is 14.7. The van der Waals surface area contributed by atoms with Gasteiger partial charge >= 0.3 is 11.6 Å². The number of fused-ring (bicyclic) bond motifs is 2. The maximum absolute atomic E-state index is 12.8. The van der Waals surface area contributed by atoms with Crippen LogP contribution in [0.1, 0.15) is 10.4 Å². The molecule has 178 valence electrons. The molecule has 1 aromatic heterocycles. The van der Waals surface area contributed by atoms with Gasteiger partial charge in [-0.2, -0.15) is 0 Å². The smallest absolute Gasteiger partial charge is 0.344 e. The number of hydrogen-bond acceptors (Lipinski definition) is 9. The van der Waals surface area contributed by atoms with E-state index >= 15 is 0 Å². The predicted octanol–water partition coefficient (Wildman–Crippen LogP) is 4.43. The van der Waals surface area contributed by atoms with Crippen molar-refractivity contribution in [3.8, 4) is 45.6 Å². The molecule has 0 amide bonds. The Labute approximate surface area is 199 Å². The van der Waals surface area contributed by atoms with E-state index in [2.05, 4.69) is 0 Å². The number of benzene rings is 3. The molecule has 0 spiro atoms. The molecule has 9 heteroatoms. The summed E-state index contributed by atoms with van der Waals surface area (Å²) in [4.78, 5) is 25.5. The summed E-state index contributed by atoms with van der Waals surface area (Å²) in [7, 11) is 4.38. The van der Waals surface area contributed by atoms with Crippen LogP contribution in [-0.4, -0.2) is 34.1 Å². The molecule has 1 aliphatic heterocycles. The minimum atomic E-state index is -0.650. The van der Waals surface area contributed by atoms with Crippen LogP contribution in [0.4, 0.5) is 0 Å². The van der Waals surface area contributed by atoms with Crippen LogP contribution in [0.3, 0.4) is 0 Å². The average molecular weight is 476 g/mol. The van der Waals surface area contributed by atoms with Gasteiger partial charge in [-0.15, -0.1) is 0 Å². The highest BCUT2D eigenvalue weighted by Gasteiger charge is 2.19. The summed E-state index contributed by atoms with van der Waals surface area (Å²) < 4.78 is 37.6. The van der Waals surface area contributed by atoms with Crippen molar-refractivity contribution in [3.05, 3.63) is 70.6 Å². The number of rotatable bonds is 6. The third-order valence-electron chi connectivity index (χ3n) is 5.50. The van der Waals surface area contributed by atoms with Crippen LogP contribution in [0, 0.1) is 0 Å². The van der Waals surface area contributed by atoms with E-state index < -0.39 is 11.6 Å². The first-order valence-electron chi connectivity index (χ1n) is 10.5. The molecular formula is C26H20O9. The fourth-order valence-electron chi connectivity index (χ4n) is 3.79. The molecule has 0 radical (unpaired) electrons. The zero-order valence-electron chi connectivity index (χ0n) is 19.1. The van der Waals surface area contributed by atoms with Gasteiger partial charge in [0.2, 0.25) is 12.5 Å². The van der Waals surface area contributed by atoms with Crippen molar-refractivity contribution in [2.45, 2.75) is 0 Å². The van der Waals surface area contributed by atoms with Crippen molar-refractivity contribution in [1.29, 1.82) is 0 Å². The summed E-state index contributed by atoms with van der Waals surface area (Å²) in [6.45, 7) is 0.142. The predicted molar refractivity (Wildman–Crippen MR) is 125 cm³/mol. The standard InChI is InChI=1S/C26H20O9/c1-29-22-10-16(11-23(30-2)24(22)31-3)25(27)34-17-6-4-15-8-18(26(28)35-20(15)12-17)14-5-7-19-21(9-14)33-13-32-19/h4-12H,13H2,1-3H3. The van der Waals surface area contributed by atoms with E-state index in [-0.39, 0.29) is 23.7 Å². The molecule has 4 aromatic rings. The maximum atomic E-state index is 12.8. The Kier molecular flexibility index (Phi) is 5.66. The Bertz CT molecular complexity index is 1480. The minimum absolute atomic E-state index is 0.142. The first-order chi connectivity index (χ1) is 17.0. The van der Waals surface area contributed by atoms with Gasteiger partial charge in [0.15, 0.2) is 23.0 Å². The van der Waals surface area contributed by atoms with Gasteiger partial charge in [-0.25, -0.2) is 9.59 Å². The molecule has 0 unspecified atom stereocenters. The first kappa shape index (κ1) is 22.1. The van der Waals surface area contributed by atoms with E-state index in [1.807, 2.05) is 0 Å². The van der Waals surface area contributed by atoms with Crippen molar-refractivity contribution >= 4 is 16.9 Å². The number of esters is 1. The third-order valence-corrected chi connectivity index (χ3v) is 5.50. The molecule has 3 aromatic carbocycles. The fourth-order valence-corrected chi connectivity index (χ4v) is 3.79. The van der Waals surface area contributed by atoms with E-state index in [1.165, 1.54) is 39.5 Å². The molecule has 35 heavy (non-hydrogen) atoms. The molecule has 0 saturated heterocycles. The van der Waals surface area contributed by atoms with Crippen molar-refractivity contribution in [1.82, 2.24) is 0 Å². The second kappa shape index (κ2) is 8.94. The Hall–Kier alpha value is -4.66. The lowest BCUT2D eigenvalue weighted by Gasteiger charge is -2.13. The van der Waals surface area contributed by atoms with Crippen LogP contribution in [0.15, 0.2) is 63.8 Å². The summed E-state index contributed by atoms with van der Waals surface area (Å²) >= 11 is 0. The second-order valence-electron chi connectivity index (χ2n) is 7.52. The lowest BCUT2D eigenvalue weighted by atomic mass is 10.1. The van der Waals surface area contributed by atoms with E-state index in [4.69, 9.17) is 32.8 Å². The van der Waals surface area contributed by atoms with Gasteiger partial charge in [0, 0.05) is 11.5 Å². The van der Waals surface area contributed by atoms with Gasteiger partial charge in [-0.05, 0) is 48.0 Å². The maximum Gasteiger partial charge on any atom is 0.344 e. The van der Waals surface area contributed by atoms with E-state index in [1.54, 1.807) is 36.4 Å². The zero-order chi connectivity index (χ0) is 24.5. The number of methoxy groups -OCH3 is 3. The molecule has 0 N–H and O–H groups in total. The highest BCUT2D eigenvalue weighted by atomic mass is 16.7. The summed E-state index contributed by atoms with van der Waals surface area (Å²) in [5.74, 6) is 1.74. The first-order valence-corrected chi connectivity index (χ1v) is 10.5. The van der Waals surface area contributed by atoms with Crippen LogP contribution >= 0.6 is 0 Å². The van der Waals surface area contributed by atoms with Crippen LogP contribution in [0.5, 0.6) is 34.5 Å². The van der Waals surface area contributed by atoms with E-state index in [9.17, 15) is 9.59 Å². The van der Waals surface area contributed by atoms with Gasteiger partial charge in [0.05, 0.1) is 32.5 Å². The van der Waals surface area contributed by atoms with Crippen molar-refractivity contribution in [2.24, 2.45) is 0 Å². The summed E-state index contributed by atoms with van der Waals surface area (Å²) in [5.41, 5.74) is 0.944. The Morgan fingerprint density at radius 2 is 1.57 bits per heavy atom. The van der Waals surface area contributed by atoms with Gasteiger partial charge in [-0.1, -0.05) is 6.07 Å². The quantitative estimate of drug-likeness (QED) is 0.227. The number of hydrogen-bond donors (Lipinski definition) is 0. The molecule has 0 fully saturated rings. The highest BCUT2D eigenvalue weighted by Crippen LogP contribution is 2.39. The van der Waals surface area contributed by atoms with Crippen LogP contribution in [-0.2, 0) is 0 Å². The lowest BCUT2D eigenvalue weighted by molar-refractivity contribution is 0.0734. The highest BCUT2D eigenvalue weighted by molar-refractivity contribution is 5.93. The molecule has 0 bridgehead atoms. The van der Waals surface area contributed by atoms with Crippen molar-refractivity contribution < 1.29 is 37.6 Å². The number of carbonyl (C=O) groups is 1. The third kappa shape index (κ3) is 4.08. The molecule has 1 aliphatic rings. The number of ether oxygens (including phenoxy) is 6. The lowest BCUT2D eigenvalue weighted by Crippen LogP contribution is -2.10. The van der Waals surface area contributed by atoms with Crippen molar-refractivity contribution in [3.63, 3.8) is 0 Å². The van der Waals surface area contributed by atoms with Gasteiger partial charge < -0.3 is 32.8 Å². The Balaban J connectivity index is 1.44. The van der Waals surface area contributed by atoms with Crippen LogP contribution < -0.4 is 34.0 Å². The molecule has 0 atom stereocenters. The minimum Gasteiger partial charge on any atom is -0.493 e. The normalized spacial score (nSPS) is 11.9. The Morgan fingerprint density at radius 1 is 0.829 bits per heavy atom. The number of carbonyl (C=O) groups excluding carboxylic acids is 1. The summed E-state index contributed by atoms with van der Waals surface area (Å²) in [5, 5.41) is 0.657. The van der Waals surface area contributed by atoms with Crippen LogP contribution in [0.2, 0.25) is 0 Å². The van der Waals surface area contributed by atoms with Crippen molar-refractivity contribution in [2.75, 3.05) is 28.1 Å². The van der Waals surface area contributed by atoms with Gasteiger partial charge in [0.25, 0.3) is 0 Å². The van der Waals surface area contributed by atoms with Gasteiger partial charge in [0.1, 0.15) is 11.3 Å². The average Bonchev–Trinajstić information content (AvgIpc) is 3.35. The fraction of sp³-hybridized carbons (Fsp3) is 0.154. The Morgan fingerprint density at radius 3 is 2.29 bits per heavy atom. The van der Waals surface area contributed by atoms with Crippen LogP contribution in [0.25, 0.3) is 22.1 Å². The molecule has 5 rings (SSSR count). The summed E-state index contributed by atoms with van der Waals surface area (Å²) in [6.07, 6.45) is 0. The monoisotopic (exact) mass is 476 g/mol. The second-order valence-corrected chi connectivity index (χ2v) is 7.52. The molecule has 9 nitrogen and oxygen atoms in total. The SMILES string of the molecule is COc1cc(C(=O)Oc2ccc3cc(-c4ccc5c(c4)OCO5)c(=O)oc3c2)cc(OC)c1OC. The molecule has 0 aliphatic carbocycles. The van der Waals surface area contributed by atoms with E-state index in [0.717, 1.165) is 0 Å². The molecule has 2 heterocycles. The zero-order valence-corrected chi connectivity index (χ0v) is 19.1.